The molecule has 0 aliphatic heterocycles. The van der Waals surface area contributed by atoms with Gasteiger partial charge in [-0.1, -0.05) is 6.92 Å². The van der Waals surface area contributed by atoms with Crippen molar-refractivity contribution < 1.29 is 9.84 Å². The molecule has 0 heterocycles. The van der Waals surface area contributed by atoms with Gasteiger partial charge in [0.05, 0.1) is 6.10 Å². The molecule has 2 N–H and O–H groups in total. The van der Waals surface area contributed by atoms with Crippen LogP contribution in [-0.2, 0) is 4.74 Å². The van der Waals surface area contributed by atoms with Gasteiger partial charge in [-0.25, -0.2) is 0 Å². The Morgan fingerprint density at radius 1 is 1.53 bits per heavy atom. The largest absolute Gasteiger partial charge is 0.396 e. The van der Waals surface area contributed by atoms with Crippen LogP contribution in [0.4, 0.5) is 0 Å². The highest BCUT2D eigenvalue weighted by Gasteiger charge is 2.35. The van der Waals surface area contributed by atoms with Gasteiger partial charge in [0.15, 0.2) is 0 Å². The minimum Gasteiger partial charge on any atom is -0.396 e. The van der Waals surface area contributed by atoms with Crippen molar-refractivity contribution in [3.8, 4) is 0 Å². The Morgan fingerprint density at radius 3 is 2.93 bits per heavy atom. The van der Waals surface area contributed by atoms with Gasteiger partial charge in [-0.15, -0.1) is 0 Å². The molecule has 0 saturated heterocycles. The topological polar surface area (TPSA) is 41.5 Å². The van der Waals surface area contributed by atoms with Gasteiger partial charge < -0.3 is 15.2 Å². The summed E-state index contributed by atoms with van der Waals surface area (Å²) >= 11 is 0. The van der Waals surface area contributed by atoms with Crippen molar-refractivity contribution >= 4 is 0 Å². The molecule has 0 radical (unpaired) electrons. The van der Waals surface area contributed by atoms with Gasteiger partial charge in [0.1, 0.15) is 0 Å². The third kappa shape index (κ3) is 3.74. The molecule has 1 rings (SSSR count). The number of hydrogen-bond acceptors (Lipinski definition) is 3. The van der Waals surface area contributed by atoms with E-state index in [4.69, 9.17) is 9.84 Å². The molecule has 2 unspecified atom stereocenters. The molecular weight excluding hydrogens is 190 g/mol. The van der Waals surface area contributed by atoms with Gasteiger partial charge in [-0.05, 0) is 45.1 Å². The molecule has 1 aliphatic rings. The normalized spacial score (nSPS) is 31.8. The SMILES string of the molecule is CCCNC1(CCO)CCCC(OC)C1. The summed E-state index contributed by atoms with van der Waals surface area (Å²) in [6.07, 6.45) is 6.96. The summed E-state index contributed by atoms with van der Waals surface area (Å²) in [6, 6.07) is 0. The average Bonchev–Trinajstić information content (AvgIpc) is 2.27. The van der Waals surface area contributed by atoms with Crippen LogP contribution in [0.5, 0.6) is 0 Å². The first-order valence-electron chi connectivity index (χ1n) is 6.15. The van der Waals surface area contributed by atoms with Crippen LogP contribution in [0.1, 0.15) is 45.4 Å². The first kappa shape index (κ1) is 12.9. The minimum atomic E-state index is 0.129. The monoisotopic (exact) mass is 215 g/mol. The Kier molecular flexibility index (Phi) is 5.58. The first-order chi connectivity index (χ1) is 7.26. The number of methoxy groups -OCH3 is 1. The van der Waals surface area contributed by atoms with E-state index < -0.39 is 0 Å². The maximum atomic E-state index is 9.16. The predicted octanol–water partition coefficient (Wildman–Crippen LogP) is 1.70. The van der Waals surface area contributed by atoms with Crippen molar-refractivity contribution in [3.05, 3.63) is 0 Å². The van der Waals surface area contributed by atoms with E-state index in [0.29, 0.717) is 6.10 Å². The van der Waals surface area contributed by atoms with E-state index in [1.807, 2.05) is 0 Å². The predicted molar refractivity (Wildman–Crippen MR) is 62.0 cm³/mol. The lowest BCUT2D eigenvalue weighted by Gasteiger charge is -2.41. The zero-order chi connectivity index (χ0) is 11.1. The Hall–Kier alpha value is -0.120. The van der Waals surface area contributed by atoms with Gasteiger partial charge in [0.25, 0.3) is 0 Å². The first-order valence-corrected chi connectivity index (χ1v) is 6.15. The van der Waals surface area contributed by atoms with Gasteiger partial charge >= 0.3 is 0 Å². The molecule has 3 nitrogen and oxygen atoms in total. The van der Waals surface area contributed by atoms with Gasteiger partial charge in [-0.2, -0.15) is 0 Å². The molecule has 0 bridgehead atoms. The molecule has 90 valence electrons. The molecule has 0 aromatic rings. The fourth-order valence-corrected chi connectivity index (χ4v) is 2.59. The second-order valence-electron chi connectivity index (χ2n) is 4.63. The van der Waals surface area contributed by atoms with E-state index >= 15 is 0 Å². The average molecular weight is 215 g/mol. The van der Waals surface area contributed by atoms with Gasteiger partial charge in [-0.3, -0.25) is 0 Å². The van der Waals surface area contributed by atoms with E-state index in [1.165, 1.54) is 12.8 Å². The molecule has 1 aliphatic carbocycles. The van der Waals surface area contributed by atoms with Gasteiger partial charge in [0.2, 0.25) is 0 Å². The van der Waals surface area contributed by atoms with E-state index in [9.17, 15) is 0 Å². The summed E-state index contributed by atoms with van der Waals surface area (Å²) in [5.41, 5.74) is 0.129. The fraction of sp³-hybridized carbons (Fsp3) is 1.00. The standard InChI is InChI=1S/C12H25NO2/c1-3-8-13-12(7-9-14)6-4-5-11(10-12)15-2/h11,13-14H,3-10H2,1-2H3. The highest BCUT2D eigenvalue weighted by atomic mass is 16.5. The van der Waals surface area contributed by atoms with Crippen molar-refractivity contribution in [2.45, 2.75) is 57.1 Å². The van der Waals surface area contributed by atoms with Crippen LogP contribution < -0.4 is 5.32 Å². The van der Waals surface area contributed by atoms with Crippen LogP contribution in [-0.4, -0.2) is 37.0 Å². The van der Waals surface area contributed by atoms with Crippen LogP contribution in [0.3, 0.4) is 0 Å². The molecular formula is C12H25NO2. The number of nitrogens with one attached hydrogen (secondary N) is 1. The van der Waals surface area contributed by atoms with E-state index in [2.05, 4.69) is 12.2 Å². The number of aliphatic hydroxyl groups excluding tert-OH is 1. The van der Waals surface area contributed by atoms with E-state index in [0.717, 1.165) is 32.2 Å². The molecule has 2 atom stereocenters. The summed E-state index contributed by atoms with van der Waals surface area (Å²) in [4.78, 5) is 0. The highest BCUT2D eigenvalue weighted by molar-refractivity contribution is 4.93. The van der Waals surface area contributed by atoms with Crippen LogP contribution in [0, 0.1) is 0 Å². The number of aliphatic hydroxyl groups is 1. The van der Waals surface area contributed by atoms with Crippen LogP contribution in [0.15, 0.2) is 0 Å². The zero-order valence-electron chi connectivity index (χ0n) is 10.1. The van der Waals surface area contributed by atoms with Crippen molar-refractivity contribution in [2.75, 3.05) is 20.3 Å². The Balaban J connectivity index is 2.53. The van der Waals surface area contributed by atoms with E-state index in [1.54, 1.807) is 7.11 Å². The number of hydrogen-bond donors (Lipinski definition) is 2. The fourth-order valence-electron chi connectivity index (χ4n) is 2.59. The van der Waals surface area contributed by atoms with Gasteiger partial charge in [0, 0.05) is 19.3 Å². The maximum absolute atomic E-state index is 9.16. The summed E-state index contributed by atoms with van der Waals surface area (Å²) in [5, 5.41) is 12.8. The van der Waals surface area contributed by atoms with Crippen molar-refractivity contribution in [3.63, 3.8) is 0 Å². The second-order valence-corrected chi connectivity index (χ2v) is 4.63. The molecule has 0 aromatic heterocycles. The number of rotatable bonds is 6. The number of ether oxygens (including phenoxy) is 1. The Morgan fingerprint density at radius 2 is 2.33 bits per heavy atom. The molecule has 0 spiro atoms. The molecule has 15 heavy (non-hydrogen) atoms. The van der Waals surface area contributed by atoms with Crippen LogP contribution in [0.2, 0.25) is 0 Å². The second kappa shape index (κ2) is 6.46. The molecule has 0 aromatic carbocycles. The van der Waals surface area contributed by atoms with Crippen LogP contribution in [0.25, 0.3) is 0 Å². The van der Waals surface area contributed by atoms with Crippen molar-refractivity contribution in [2.24, 2.45) is 0 Å². The molecule has 0 amide bonds. The Labute approximate surface area is 93.2 Å². The molecule has 1 fully saturated rings. The van der Waals surface area contributed by atoms with E-state index in [-0.39, 0.29) is 12.1 Å². The van der Waals surface area contributed by atoms with Crippen LogP contribution >= 0.6 is 0 Å². The minimum absolute atomic E-state index is 0.129. The lowest BCUT2D eigenvalue weighted by Crippen LogP contribution is -2.51. The Bertz CT molecular complexity index is 171. The molecule has 1 saturated carbocycles. The summed E-state index contributed by atoms with van der Waals surface area (Å²) < 4.78 is 5.45. The van der Waals surface area contributed by atoms with Crippen molar-refractivity contribution in [1.29, 1.82) is 0 Å². The summed E-state index contributed by atoms with van der Waals surface area (Å²) in [7, 11) is 1.79. The smallest absolute Gasteiger partial charge is 0.0589 e. The highest BCUT2D eigenvalue weighted by Crippen LogP contribution is 2.32. The maximum Gasteiger partial charge on any atom is 0.0589 e. The summed E-state index contributed by atoms with van der Waals surface area (Å²) in [6.45, 7) is 3.49. The van der Waals surface area contributed by atoms with Crippen molar-refractivity contribution in [1.82, 2.24) is 5.32 Å². The quantitative estimate of drug-likeness (QED) is 0.708. The lowest BCUT2D eigenvalue weighted by atomic mass is 9.78. The zero-order valence-corrected chi connectivity index (χ0v) is 10.1. The third-order valence-corrected chi connectivity index (χ3v) is 3.47. The lowest BCUT2D eigenvalue weighted by molar-refractivity contribution is 0.0225. The summed E-state index contributed by atoms with van der Waals surface area (Å²) in [5.74, 6) is 0. The third-order valence-electron chi connectivity index (χ3n) is 3.47. The molecule has 3 heteroatoms.